The third-order valence-electron chi connectivity index (χ3n) is 3.58. The number of alkyl carbamates (subject to hydrolysis) is 1. The van der Waals surface area contributed by atoms with Gasteiger partial charge in [-0.1, -0.05) is 12.1 Å². The van der Waals surface area contributed by atoms with E-state index >= 15 is 0 Å². The first-order valence-electron chi connectivity index (χ1n) is 8.16. The molecule has 0 aliphatic carbocycles. The summed E-state index contributed by atoms with van der Waals surface area (Å²) < 4.78 is 43.1. The molecule has 0 saturated heterocycles. The summed E-state index contributed by atoms with van der Waals surface area (Å²) in [6, 6.07) is 5.52. The summed E-state index contributed by atoms with van der Waals surface area (Å²) in [7, 11) is 0. The number of hydrogen-bond donors (Lipinski definition) is 2. The van der Waals surface area contributed by atoms with Crippen molar-refractivity contribution in [3.63, 3.8) is 0 Å². The van der Waals surface area contributed by atoms with Gasteiger partial charge in [-0.15, -0.1) is 0 Å². The van der Waals surface area contributed by atoms with E-state index in [0.29, 0.717) is 11.4 Å². The lowest BCUT2D eigenvalue weighted by Gasteiger charge is -2.28. The van der Waals surface area contributed by atoms with Crippen molar-refractivity contribution in [3.05, 3.63) is 24.3 Å². The molecule has 0 saturated carbocycles. The average molecular weight is 373 g/mol. The van der Waals surface area contributed by atoms with Crippen LogP contribution >= 0.6 is 0 Å². The van der Waals surface area contributed by atoms with Gasteiger partial charge in [0.15, 0.2) is 0 Å². The van der Waals surface area contributed by atoms with Crippen molar-refractivity contribution in [2.75, 3.05) is 23.3 Å². The number of alkyl halides is 3. The monoisotopic (exact) mass is 373 g/mol. The first-order chi connectivity index (χ1) is 11.9. The molecule has 26 heavy (non-hydrogen) atoms. The molecule has 2 N–H and O–H groups in total. The van der Waals surface area contributed by atoms with Crippen molar-refractivity contribution in [2.24, 2.45) is 0 Å². The molecule has 0 bridgehead atoms. The summed E-state index contributed by atoms with van der Waals surface area (Å²) in [4.78, 5) is 25.8. The number of nitrogens with zero attached hydrogens (tertiary/aromatic N) is 1. The van der Waals surface area contributed by atoms with Crippen molar-refractivity contribution >= 4 is 23.4 Å². The third-order valence-corrected chi connectivity index (χ3v) is 3.58. The molecule has 2 rings (SSSR count). The van der Waals surface area contributed by atoms with Crippen molar-refractivity contribution < 1.29 is 27.5 Å². The maximum absolute atomic E-state index is 12.7. The second kappa shape index (κ2) is 7.43. The molecule has 1 unspecified atom stereocenters. The molecule has 144 valence electrons. The van der Waals surface area contributed by atoms with Crippen LogP contribution in [0.4, 0.5) is 29.3 Å². The highest BCUT2D eigenvalue weighted by Gasteiger charge is 2.33. The molecule has 1 aliphatic heterocycles. The van der Waals surface area contributed by atoms with Crippen molar-refractivity contribution in [3.8, 4) is 0 Å². The Kier molecular flexibility index (Phi) is 5.68. The zero-order valence-electron chi connectivity index (χ0n) is 14.8. The summed E-state index contributed by atoms with van der Waals surface area (Å²) >= 11 is 0. The number of amides is 2. The number of para-hydroxylation sites is 2. The number of fused-ring (bicyclic) bond motifs is 1. The Bertz CT molecular complexity index is 671. The summed E-state index contributed by atoms with van der Waals surface area (Å²) in [6.07, 6.45) is -6.17. The molecular formula is C17H22F3N3O3. The van der Waals surface area contributed by atoms with E-state index in [2.05, 4.69) is 10.6 Å². The third kappa shape index (κ3) is 5.82. The molecule has 0 spiro atoms. The van der Waals surface area contributed by atoms with Crippen LogP contribution in [0.25, 0.3) is 0 Å². The van der Waals surface area contributed by atoms with Crippen LogP contribution in [0.15, 0.2) is 24.3 Å². The number of halogens is 3. The highest BCUT2D eigenvalue weighted by Crippen LogP contribution is 2.30. The molecular weight excluding hydrogens is 351 g/mol. The van der Waals surface area contributed by atoms with E-state index in [1.807, 2.05) is 0 Å². The Balaban J connectivity index is 2.19. The lowest BCUT2D eigenvalue weighted by atomic mass is 10.2. The number of nitrogens with one attached hydrogen (secondary N) is 2. The van der Waals surface area contributed by atoms with Crippen molar-refractivity contribution in [1.82, 2.24) is 5.32 Å². The van der Waals surface area contributed by atoms with Gasteiger partial charge in [0.25, 0.3) is 0 Å². The predicted molar refractivity (Wildman–Crippen MR) is 91.1 cm³/mol. The molecule has 9 heteroatoms. The minimum atomic E-state index is -4.33. The Hall–Kier alpha value is -2.45. The van der Waals surface area contributed by atoms with E-state index in [4.69, 9.17) is 4.74 Å². The lowest BCUT2D eigenvalue weighted by molar-refractivity contribution is -0.132. The Morgan fingerprint density at radius 1 is 1.31 bits per heavy atom. The molecule has 1 aromatic rings. The molecule has 1 aromatic carbocycles. The number of anilines is 2. The largest absolute Gasteiger partial charge is 0.444 e. The summed E-state index contributed by atoms with van der Waals surface area (Å²) in [5, 5.41) is 5.07. The second-order valence-corrected chi connectivity index (χ2v) is 7.02. The zero-order valence-corrected chi connectivity index (χ0v) is 14.8. The van der Waals surface area contributed by atoms with Crippen LogP contribution in [0.2, 0.25) is 0 Å². The second-order valence-electron chi connectivity index (χ2n) is 7.02. The van der Waals surface area contributed by atoms with Gasteiger partial charge in [0.05, 0.1) is 17.8 Å². The first-order valence-corrected chi connectivity index (χ1v) is 8.16. The number of carbonyl (C=O) groups is 2. The Morgan fingerprint density at radius 2 is 1.96 bits per heavy atom. The maximum atomic E-state index is 12.7. The normalized spacial score (nSPS) is 17.8. The number of benzene rings is 1. The highest BCUT2D eigenvalue weighted by atomic mass is 19.4. The van der Waals surface area contributed by atoms with Crippen LogP contribution in [-0.4, -0.2) is 42.9 Å². The van der Waals surface area contributed by atoms with E-state index in [1.165, 1.54) is 4.90 Å². The van der Waals surface area contributed by atoms with Crippen LogP contribution in [0.3, 0.4) is 0 Å². The van der Waals surface area contributed by atoms with E-state index in [-0.39, 0.29) is 13.1 Å². The molecule has 0 radical (unpaired) electrons. The lowest BCUT2D eigenvalue weighted by Crippen LogP contribution is -2.50. The fourth-order valence-corrected chi connectivity index (χ4v) is 2.51. The standard InChI is InChI=1S/C17H22F3N3O3/c1-16(2,3)26-15(25)22-12-10-23(9-8-17(18,19)20)13-7-5-4-6-11(13)21-14(12)24/h4-7,12H,8-10H2,1-3H3,(H,21,24)(H,22,25). The summed E-state index contributed by atoms with van der Waals surface area (Å²) in [5.74, 6) is -0.516. The minimum Gasteiger partial charge on any atom is -0.444 e. The molecule has 0 fully saturated rings. The van der Waals surface area contributed by atoms with Crippen LogP contribution in [0.1, 0.15) is 27.2 Å². The van der Waals surface area contributed by atoms with Crippen molar-refractivity contribution in [2.45, 2.75) is 45.0 Å². The quantitative estimate of drug-likeness (QED) is 0.853. The maximum Gasteiger partial charge on any atom is 0.408 e. The van der Waals surface area contributed by atoms with Crippen LogP contribution in [0.5, 0.6) is 0 Å². The van der Waals surface area contributed by atoms with Gasteiger partial charge in [0.2, 0.25) is 5.91 Å². The summed E-state index contributed by atoms with van der Waals surface area (Å²) in [5.41, 5.74) is 0.108. The average Bonchev–Trinajstić information content (AvgIpc) is 2.60. The first kappa shape index (κ1) is 19.9. The topological polar surface area (TPSA) is 70.7 Å². The highest BCUT2D eigenvalue weighted by molar-refractivity contribution is 6.01. The predicted octanol–water partition coefficient (Wildman–Crippen LogP) is 3.29. The Morgan fingerprint density at radius 3 is 2.58 bits per heavy atom. The van der Waals surface area contributed by atoms with E-state index in [9.17, 15) is 22.8 Å². The number of rotatable bonds is 3. The van der Waals surface area contributed by atoms with Gasteiger partial charge in [-0.05, 0) is 32.9 Å². The van der Waals surface area contributed by atoms with Gasteiger partial charge in [-0.2, -0.15) is 13.2 Å². The van der Waals surface area contributed by atoms with Crippen molar-refractivity contribution in [1.29, 1.82) is 0 Å². The number of hydrogen-bond acceptors (Lipinski definition) is 4. The van der Waals surface area contributed by atoms with E-state index < -0.39 is 36.2 Å². The molecule has 1 heterocycles. The Labute approximate surface area is 149 Å². The number of carbonyl (C=O) groups excluding carboxylic acids is 2. The van der Waals surface area contributed by atoms with E-state index in [1.54, 1.807) is 45.0 Å². The van der Waals surface area contributed by atoms with E-state index in [0.717, 1.165) is 0 Å². The summed E-state index contributed by atoms with van der Waals surface area (Å²) in [6.45, 7) is 4.59. The van der Waals surface area contributed by atoms with Gasteiger partial charge in [-0.3, -0.25) is 4.79 Å². The molecule has 1 aliphatic rings. The molecule has 6 nitrogen and oxygen atoms in total. The molecule has 0 aromatic heterocycles. The minimum absolute atomic E-state index is 0.0990. The fraction of sp³-hybridized carbons (Fsp3) is 0.529. The van der Waals surface area contributed by atoms with Gasteiger partial charge in [0, 0.05) is 13.1 Å². The SMILES string of the molecule is CC(C)(C)OC(=O)NC1CN(CCC(F)(F)F)c2ccccc2NC1=O. The fourth-order valence-electron chi connectivity index (χ4n) is 2.51. The smallest absolute Gasteiger partial charge is 0.408 e. The van der Waals surface area contributed by atoms with Gasteiger partial charge < -0.3 is 20.3 Å². The van der Waals surface area contributed by atoms with Gasteiger partial charge >= 0.3 is 12.3 Å². The van der Waals surface area contributed by atoms with Crippen LogP contribution < -0.4 is 15.5 Å². The number of ether oxygens (including phenoxy) is 1. The van der Waals surface area contributed by atoms with Gasteiger partial charge in [-0.25, -0.2) is 4.79 Å². The molecule has 1 atom stereocenters. The van der Waals surface area contributed by atoms with Gasteiger partial charge in [0.1, 0.15) is 11.6 Å². The van der Waals surface area contributed by atoms with Crippen LogP contribution in [-0.2, 0) is 9.53 Å². The zero-order chi connectivity index (χ0) is 19.5. The van der Waals surface area contributed by atoms with Crippen LogP contribution in [0, 0.1) is 0 Å². The molecule has 2 amide bonds.